The predicted octanol–water partition coefficient (Wildman–Crippen LogP) is 0.781. The molecule has 2 rings (SSSR count). The number of esters is 1. The molecule has 0 aliphatic heterocycles. The maximum Gasteiger partial charge on any atom is 0.307 e. The van der Waals surface area contributed by atoms with E-state index in [9.17, 15) is 4.79 Å². The van der Waals surface area contributed by atoms with Gasteiger partial charge in [-0.25, -0.2) is 4.98 Å². The summed E-state index contributed by atoms with van der Waals surface area (Å²) in [5, 5.41) is 0. The van der Waals surface area contributed by atoms with Crippen molar-refractivity contribution < 1.29 is 9.53 Å². The second-order valence-corrected chi connectivity index (χ2v) is 3.84. The van der Waals surface area contributed by atoms with Crippen LogP contribution in [0.2, 0.25) is 0 Å². The highest BCUT2D eigenvalue weighted by Gasteiger charge is 2.27. The van der Waals surface area contributed by atoms with Gasteiger partial charge in [0, 0.05) is 12.2 Å². The summed E-state index contributed by atoms with van der Waals surface area (Å²) < 4.78 is 6.65. The molecule has 2 N–H and O–H groups in total. The highest BCUT2D eigenvalue weighted by Crippen LogP contribution is 2.36. The number of rotatable bonds is 4. The van der Waals surface area contributed by atoms with Gasteiger partial charge in [-0.1, -0.05) is 0 Å². The number of carbonyl (C=O) groups is 1. The lowest BCUT2D eigenvalue weighted by molar-refractivity contribution is -0.141. The first-order chi connectivity index (χ1) is 7.22. The van der Waals surface area contributed by atoms with Crippen LogP contribution in [0.3, 0.4) is 0 Å². The minimum absolute atomic E-state index is 0.203. The lowest BCUT2D eigenvalue weighted by Gasteiger charge is -2.12. The van der Waals surface area contributed by atoms with E-state index >= 15 is 0 Å². The van der Waals surface area contributed by atoms with Gasteiger partial charge in [-0.05, 0) is 12.8 Å². The number of imidazole rings is 1. The standard InChI is InChI=1S/C10H15N3O2/c1-15-10(14)4-8(11)9-5-12-6-13(9)7-2-3-7/h5-8H,2-4,11H2,1H3/t8-/m0/s1. The zero-order chi connectivity index (χ0) is 10.8. The van der Waals surface area contributed by atoms with E-state index in [2.05, 4.69) is 14.3 Å². The van der Waals surface area contributed by atoms with Crippen molar-refractivity contribution in [2.45, 2.75) is 31.3 Å². The molecule has 0 aromatic carbocycles. The summed E-state index contributed by atoms with van der Waals surface area (Å²) in [4.78, 5) is 15.2. The number of methoxy groups -OCH3 is 1. The lowest BCUT2D eigenvalue weighted by atomic mass is 10.1. The summed E-state index contributed by atoms with van der Waals surface area (Å²) >= 11 is 0. The Bertz CT molecular complexity index is 357. The first kappa shape index (κ1) is 10.2. The number of hydrogen-bond donors (Lipinski definition) is 1. The molecule has 82 valence electrons. The van der Waals surface area contributed by atoms with Crippen LogP contribution < -0.4 is 5.73 Å². The van der Waals surface area contributed by atoms with E-state index in [1.807, 2.05) is 0 Å². The van der Waals surface area contributed by atoms with Crippen molar-refractivity contribution in [1.29, 1.82) is 0 Å². The average Bonchev–Trinajstić information content (AvgIpc) is 2.95. The molecule has 1 aromatic rings. The number of carbonyl (C=O) groups excluding carboxylic acids is 1. The van der Waals surface area contributed by atoms with Crippen LogP contribution in [0.25, 0.3) is 0 Å². The second-order valence-electron chi connectivity index (χ2n) is 3.84. The molecule has 1 aromatic heterocycles. The number of nitrogens with two attached hydrogens (primary N) is 1. The van der Waals surface area contributed by atoms with Crippen LogP contribution in [0.15, 0.2) is 12.5 Å². The number of nitrogens with zero attached hydrogens (tertiary/aromatic N) is 2. The molecule has 1 atom stereocenters. The first-order valence-electron chi connectivity index (χ1n) is 5.06. The normalized spacial score (nSPS) is 17.5. The van der Waals surface area contributed by atoms with Crippen LogP contribution in [0, 0.1) is 0 Å². The minimum atomic E-state index is -0.319. The molecule has 0 bridgehead atoms. The third kappa shape index (κ3) is 2.18. The van der Waals surface area contributed by atoms with E-state index in [0.717, 1.165) is 5.69 Å². The summed E-state index contributed by atoms with van der Waals surface area (Å²) in [6.45, 7) is 0. The van der Waals surface area contributed by atoms with Crippen molar-refractivity contribution >= 4 is 5.97 Å². The first-order valence-corrected chi connectivity index (χ1v) is 5.06. The Morgan fingerprint density at radius 3 is 3.13 bits per heavy atom. The van der Waals surface area contributed by atoms with Crippen LogP contribution in [0.4, 0.5) is 0 Å². The molecule has 0 radical (unpaired) electrons. The quantitative estimate of drug-likeness (QED) is 0.744. The topological polar surface area (TPSA) is 70.1 Å². The molecule has 15 heavy (non-hydrogen) atoms. The Labute approximate surface area is 88.2 Å². The highest BCUT2D eigenvalue weighted by atomic mass is 16.5. The van der Waals surface area contributed by atoms with Crippen LogP contribution in [-0.2, 0) is 9.53 Å². The largest absolute Gasteiger partial charge is 0.469 e. The maximum absolute atomic E-state index is 11.1. The summed E-state index contributed by atoms with van der Waals surface area (Å²) in [5.74, 6) is -0.286. The molecule has 1 fully saturated rings. The van der Waals surface area contributed by atoms with E-state index in [1.165, 1.54) is 20.0 Å². The average molecular weight is 209 g/mol. The van der Waals surface area contributed by atoms with Crippen LogP contribution in [0.1, 0.15) is 37.0 Å². The Hall–Kier alpha value is -1.36. The molecule has 1 heterocycles. The van der Waals surface area contributed by atoms with Gasteiger partial charge in [0.05, 0.1) is 31.6 Å². The molecule has 5 nitrogen and oxygen atoms in total. The van der Waals surface area contributed by atoms with Crippen LogP contribution in [0.5, 0.6) is 0 Å². The van der Waals surface area contributed by atoms with Gasteiger partial charge in [-0.2, -0.15) is 0 Å². The third-order valence-corrected chi connectivity index (χ3v) is 2.63. The molecule has 0 saturated heterocycles. The lowest BCUT2D eigenvalue weighted by Crippen LogP contribution is -2.19. The molecule has 1 aliphatic rings. The van der Waals surface area contributed by atoms with Gasteiger partial charge in [-0.3, -0.25) is 4.79 Å². The number of aromatic nitrogens is 2. The molecule has 1 saturated carbocycles. The summed E-state index contributed by atoms with van der Waals surface area (Å²) in [6, 6.07) is 0.215. The van der Waals surface area contributed by atoms with E-state index in [4.69, 9.17) is 5.73 Å². The van der Waals surface area contributed by atoms with Gasteiger partial charge in [0.25, 0.3) is 0 Å². The number of ether oxygens (including phenoxy) is 1. The molecule has 0 spiro atoms. The van der Waals surface area contributed by atoms with E-state index in [0.29, 0.717) is 6.04 Å². The molecular formula is C10H15N3O2. The van der Waals surface area contributed by atoms with Gasteiger partial charge < -0.3 is 15.0 Å². The van der Waals surface area contributed by atoms with Crippen molar-refractivity contribution in [3.05, 3.63) is 18.2 Å². The molecule has 5 heteroatoms. The fraction of sp³-hybridized carbons (Fsp3) is 0.600. The van der Waals surface area contributed by atoms with Gasteiger partial charge in [0.15, 0.2) is 0 Å². The Balaban J connectivity index is 2.07. The molecule has 0 amide bonds. The molecule has 0 unspecified atom stereocenters. The van der Waals surface area contributed by atoms with Gasteiger partial charge in [0.2, 0.25) is 0 Å². The Kier molecular flexibility index (Phi) is 2.73. The molecular weight excluding hydrogens is 194 g/mol. The highest BCUT2D eigenvalue weighted by molar-refractivity contribution is 5.70. The van der Waals surface area contributed by atoms with Crippen molar-refractivity contribution in [3.63, 3.8) is 0 Å². The fourth-order valence-corrected chi connectivity index (χ4v) is 1.63. The van der Waals surface area contributed by atoms with E-state index in [1.54, 1.807) is 12.5 Å². The fourth-order valence-electron chi connectivity index (χ4n) is 1.63. The smallest absolute Gasteiger partial charge is 0.307 e. The van der Waals surface area contributed by atoms with Crippen molar-refractivity contribution in [2.24, 2.45) is 5.73 Å². The summed E-state index contributed by atoms with van der Waals surface area (Å²) in [5.41, 5.74) is 6.84. The van der Waals surface area contributed by atoms with Crippen LogP contribution in [-0.4, -0.2) is 22.6 Å². The maximum atomic E-state index is 11.1. The Morgan fingerprint density at radius 2 is 2.53 bits per heavy atom. The predicted molar refractivity (Wildman–Crippen MR) is 54.1 cm³/mol. The minimum Gasteiger partial charge on any atom is -0.469 e. The van der Waals surface area contributed by atoms with Gasteiger partial charge in [0.1, 0.15) is 0 Å². The SMILES string of the molecule is COC(=O)C[C@H](N)c1cncn1C1CC1. The van der Waals surface area contributed by atoms with Gasteiger partial charge >= 0.3 is 5.97 Å². The Morgan fingerprint density at radius 1 is 1.80 bits per heavy atom. The van der Waals surface area contributed by atoms with E-state index in [-0.39, 0.29) is 18.4 Å². The number of hydrogen-bond acceptors (Lipinski definition) is 4. The van der Waals surface area contributed by atoms with E-state index < -0.39 is 0 Å². The van der Waals surface area contributed by atoms with Crippen molar-refractivity contribution in [1.82, 2.24) is 9.55 Å². The van der Waals surface area contributed by atoms with Gasteiger partial charge in [-0.15, -0.1) is 0 Å². The third-order valence-electron chi connectivity index (χ3n) is 2.63. The van der Waals surface area contributed by atoms with Crippen molar-refractivity contribution in [3.8, 4) is 0 Å². The monoisotopic (exact) mass is 209 g/mol. The van der Waals surface area contributed by atoms with Crippen molar-refractivity contribution in [2.75, 3.05) is 7.11 Å². The molecule has 1 aliphatic carbocycles. The zero-order valence-electron chi connectivity index (χ0n) is 8.72. The van der Waals surface area contributed by atoms with Crippen LogP contribution >= 0.6 is 0 Å². The zero-order valence-corrected chi connectivity index (χ0v) is 8.72. The summed E-state index contributed by atoms with van der Waals surface area (Å²) in [6.07, 6.45) is 6.06. The second kappa shape index (κ2) is 4.02. The summed E-state index contributed by atoms with van der Waals surface area (Å²) in [7, 11) is 1.37.